The van der Waals surface area contributed by atoms with E-state index in [2.05, 4.69) is 5.10 Å². The highest BCUT2D eigenvalue weighted by molar-refractivity contribution is 4.94. The third kappa shape index (κ3) is 9.68. The van der Waals surface area contributed by atoms with E-state index in [1.807, 2.05) is 51.6 Å². The summed E-state index contributed by atoms with van der Waals surface area (Å²) in [6.07, 6.45) is 1.95. The molecule has 0 unspecified atom stereocenters. The molecule has 0 fully saturated rings. The van der Waals surface area contributed by atoms with Gasteiger partial charge in [-0.3, -0.25) is 4.68 Å². The van der Waals surface area contributed by atoms with Gasteiger partial charge in [-0.05, 0) is 13.0 Å². The number of nitrogens with zero attached hydrogens (tertiary/aromatic N) is 2. The van der Waals surface area contributed by atoms with Crippen molar-refractivity contribution in [1.29, 1.82) is 0 Å². The van der Waals surface area contributed by atoms with Gasteiger partial charge in [-0.25, -0.2) is 0 Å². The minimum atomic E-state index is 0. The van der Waals surface area contributed by atoms with Crippen LogP contribution < -0.4 is 5.73 Å². The fourth-order valence-corrected chi connectivity index (χ4v) is 0.931. The van der Waals surface area contributed by atoms with Crippen LogP contribution in [0.5, 0.6) is 0 Å². The molecule has 0 aliphatic rings. The van der Waals surface area contributed by atoms with Crippen LogP contribution in [-0.4, -0.2) is 29.5 Å². The molecule has 0 atom stereocenters. The summed E-state index contributed by atoms with van der Waals surface area (Å²) in [6, 6.07) is 1.98. The smallest absolute Gasteiger partial charge is 0.0663 e. The lowest BCUT2D eigenvalue weighted by atomic mass is 10.5. The van der Waals surface area contributed by atoms with Crippen molar-refractivity contribution in [3.8, 4) is 0 Å². The molecule has 1 rings (SSSR count). The van der Waals surface area contributed by atoms with Crippen molar-refractivity contribution in [2.24, 2.45) is 5.73 Å². The second-order valence-electron chi connectivity index (χ2n) is 2.62. The van der Waals surface area contributed by atoms with Gasteiger partial charge in [0.1, 0.15) is 0 Å². The van der Waals surface area contributed by atoms with Crippen LogP contribution in [-0.2, 0) is 11.3 Å². The van der Waals surface area contributed by atoms with E-state index >= 15 is 0 Å². The van der Waals surface area contributed by atoms with E-state index in [0.717, 1.165) is 12.2 Å². The van der Waals surface area contributed by atoms with Crippen LogP contribution >= 0.6 is 0 Å². The van der Waals surface area contributed by atoms with E-state index in [0.29, 0.717) is 19.8 Å². The van der Waals surface area contributed by atoms with Crippen molar-refractivity contribution >= 4 is 0 Å². The number of ether oxygens (including phenoxy) is 1. The molecular formula is C12H29N3O. The summed E-state index contributed by atoms with van der Waals surface area (Å²) < 4.78 is 7.08. The minimum absolute atomic E-state index is 0. The first-order valence-electron chi connectivity index (χ1n) is 6.11. The van der Waals surface area contributed by atoms with Gasteiger partial charge in [0.15, 0.2) is 0 Å². The van der Waals surface area contributed by atoms with Crippen molar-refractivity contribution in [2.45, 2.75) is 41.2 Å². The van der Waals surface area contributed by atoms with Gasteiger partial charge >= 0.3 is 0 Å². The summed E-state index contributed by atoms with van der Waals surface area (Å²) in [5, 5.41) is 4.21. The van der Waals surface area contributed by atoms with Gasteiger partial charge in [0.2, 0.25) is 0 Å². The highest BCUT2D eigenvalue weighted by Crippen LogP contribution is 1.91. The maximum absolute atomic E-state index is 5.26. The van der Waals surface area contributed by atoms with Gasteiger partial charge in [-0.15, -0.1) is 0 Å². The molecule has 0 aromatic carbocycles. The summed E-state index contributed by atoms with van der Waals surface area (Å²) in [5.41, 5.74) is 6.30. The van der Waals surface area contributed by atoms with Gasteiger partial charge < -0.3 is 10.5 Å². The van der Waals surface area contributed by atoms with Crippen LogP contribution in [0.2, 0.25) is 0 Å². The van der Waals surface area contributed by atoms with E-state index in [1.165, 1.54) is 0 Å². The average molecular weight is 231 g/mol. The zero-order chi connectivity index (χ0) is 12.8. The maximum Gasteiger partial charge on any atom is 0.0663 e. The monoisotopic (exact) mass is 231 g/mol. The molecule has 0 amide bonds. The highest BCUT2D eigenvalue weighted by Gasteiger charge is 1.92. The quantitative estimate of drug-likeness (QED) is 0.792. The zero-order valence-corrected chi connectivity index (χ0v) is 11.4. The Morgan fingerprint density at radius 2 is 1.94 bits per heavy atom. The molecule has 0 spiro atoms. The Balaban J connectivity index is -0.000000355. The summed E-state index contributed by atoms with van der Waals surface area (Å²) >= 11 is 0. The maximum atomic E-state index is 5.26. The number of aryl methyl sites for hydroxylation is 1. The van der Waals surface area contributed by atoms with Crippen LogP contribution in [0, 0.1) is 6.92 Å². The fourth-order valence-electron chi connectivity index (χ4n) is 0.931. The predicted molar refractivity (Wildman–Crippen MR) is 71.6 cm³/mol. The number of nitrogens with two attached hydrogens (primary N) is 1. The standard InChI is InChI=1S/C8H15N3O.2C2H6.H2/c1-8-2-4-11(10-8)5-7-12-6-3-9;2*1-2;/h2,4H,3,5-7,9H2,1H3;2*1-2H3;1H. The Labute approximate surface area is 101 Å². The topological polar surface area (TPSA) is 53.1 Å². The number of aromatic nitrogens is 2. The molecule has 1 aromatic heterocycles. The Bertz CT molecular complexity index is 229. The van der Waals surface area contributed by atoms with Crippen molar-refractivity contribution in [1.82, 2.24) is 9.78 Å². The molecular weight excluding hydrogens is 202 g/mol. The highest BCUT2D eigenvalue weighted by atomic mass is 16.5. The Hall–Kier alpha value is -0.870. The molecule has 98 valence electrons. The van der Waals surface area contributed by atoms with Crippen LogP contribution in [0.1, 0.15) is 34.8 Å². The van der Waals surface area contributed by atoms with Crippen molar-refractivity contribution in [2.75, 3.05) is 19.8 Å². The number of rotatable bonds is 5. The third-order valence-electron chi connectivity index (χ3n) is 1.50. The van der Waals surface area contributed by atoms with E-state index in [4.69, 9.17) is 10.5 Å². The van der Waals surface area contributed by atoms with Crippen molar-refractivity contribution < 1.29 is 6.16 Å². The first-order chi connectivity index (χ1) is 7.83. The molecule has 0 aliphatic carbocycles. The second kappa shape index (κ2) is 14.1. The van der Waals surface area contributed by atoms with Crippen molar-refractivity contribution in [3.05, 3.63) is 18.0 Å². The predicted octanol–water partition coefficient (Wildman–Crippen LogP) is 2.47. The molecule has 16 heavy (non-hydrogen) atoms. The average Bonchev–Trinajstić information content (AvgIpc) is 2.76. The van der Waals surface area contributed by atoms with Crippen LogP contribution in [0.3, 0.4) is 0 Å². The molecule has 4 nitrogen and oxygen atoms in total. The Morgan fingerprint density at radius 3 is 2.38 bits per heavy atom. The van der Waals surface area contributed by atoms with Gasteiger partial charge in [0.25, 0.3) is 0 Å². The normalized spacial score (nSPS) is 8.62. The summed E-state index contributed by atoms with van der Waals surface area (Å²) in [5.74, 6) is 0. The molecule has 2 N–H and O–H groups in total. The largest absolute Gasteiger partial charge is 0.378 e. The first-order valence-corrected chi connectivity index (χ1v) is 6.11. The summed E-state index contributed by atoms with van der Waals surface area (Å²) in [4.78, 5) is 0. The molecule has 1 heterocycles. The van der Waals surface area contributed by atoms with E-state index in [9.17, 15) is 0 Å². The van der Waals surface area contributed by atoms with E-state index in [1.54, 1.807) is 0 Å². The first kappa shape index (κ1) is 17.5. The third-order valence-corrected chi connectivity index (χ3v) is 1.50. The lowest BCUT2D eigenvalue weighted by molar-refractivity contribution is 0.130. The van der Waals surface area contributed by atoms with Crippen LogP contribution in [0.15, 0.2) is 12.3 Å². The fraction of sp³-hybridized carbons (Fsp3) is 0.750. The Morgan fingerprint density at radius 1 is 1.31 bits per heavy atom. The van der Waals surface area contributed by atoms with Crippen LogP contribution in [0.4, 0.5) is 0 Å². The summed E-state index contributed by atoms with van der Waals surface area (Å²) in [6.45, 7) is 12.7. The second-order valence-corrected chi connectivity index (χ2v) is 2.62. The molecule has 0 aliphatic heterocycles. The van der Waals surface area contributed by atoms with Gasteiger partial charge in [0.05, 0.1) is 25.5 Å². The van der Waals surface area contributed by atoms with E-state index in [-0.39, 0.29) is 1.43 Å². The number of hydrogen-bond acceptors (Lipinski definition) is 3. The van der Waals surface area contributed by atoms with Gasteiger partial charge in [-0.2, -0.15) is 5.10 Å². The molecule has 0 saturated carbocycles. The SMILES string of the molecule is CC.CC.Cc1ccn(CCOCCN)n1.[HH]. The lowest BCUT2D eigenvalue weighted by Gasteiger charge is -2.01. The van der Waals surface area contributed by atoms with Gasteiger partial charge in [0, 0.05) is 14.2 Å². The lowest BCUT2D eigenvalue weighted by Crippen LogP contribution is -2.12. The molecule has 4 heteroatoms. The Kier molecular flexibility index (Phi) is 15.5. The van der Waals surface area contributed by atoms with Crippen molar-refractivity contribution in [3.63, 3.8) is 0 Å². The molecule has 0 bridgehead atoms. The molecule has 0 saturated heterocycles. The van der Waals surface area contributed by atoms with E-state index < -0.39 is 0 Å². The molecule has 1 aromatic rings. The minimum Gasteiger partial charge on any atom is -0.378 e. The zero-order valence-electron chi connectivity index (χ0n) is 11.4. The van der Waals surface area contributed by atoms with Gasteiger partial charge in [-0.1, -0.05) is 27.7 Å². The summed E-state index contributed by atoms with van der Waals surface area (Å²) in [7, 11) is 0. The molecule has 0 radical (unpaired) electrons. The van der Waals surface area contributed by atoms with Crippen LogP contribution in [0.25, 0.3) is 0 Å². The number of hydrogen-bond donors (Lipinski definition) is 1.